The predicted molar refractivity (Wildman–Crippen MR) is 84.8 cm³/mol. The molecule has 1 rings (SSSR count). The molecule has 0 radical (unpaired) electrons. The van der Waals surface area contributed by atoms with E-state index in [1.54, 1.807) is 32.0 Å². The summed E-state index contributed by atoms with van der Waals surface area (Å²) in [5, 5.41) is 18.2. The zero-order valence-electron chi connectivity index (χ0n) is 13.2. The molecule has 0 spiro atoms. The topological polar surface area (TPSA) is 121 Å². The lowest BCUT2D eigenvalue weighted by Gasteiger charge is -2.28. The summed E-state index contributed by atoms with van der Waals surface area (Å²) in [6, 6.07) is 5.21. The van der Waals surface area contributed by atoms with E-state index in [9.17, 15) is 14.4 Å². The Kier molecular flexibility index (Phi) is 6.56. The van der Waals surface area contributed by atoms with Crippen molar-refractivity contribution in [3.05, 3.63) is 29.8 Å². The summed E-state index contributed by atoms with van der Waals surface area (Å²) < 4.78 is 0. The molecule has 1 atom stereocenters. The fraction of sp³-hybridized carbons (Fsp3) is 0.438. The van der Waals surface area contributed by atoms with Crippen molar-refractivity contribution in [1.82, 2.24) is 4.90 Å². The number of anilines is 1. The highest BCUT2D eigenvalue weighted by Crippen LogP contribution is 2.18. The van der Waals surface area contributed by atoms with Crippen LogP contribution in [0, 0.1) is 5.92 Å². The number of nitrogens with zero attached hydrogens (tertiary/aromatic N) is 1. The standard InChI is InChI=1S/C16H22N2O5/c1-3-11(8-10-6-5-7-12(17)9-10)14(19)18(4-2)13(15(20)21)16(22)23/h5-7,9,11,13H,3-4,8,17H2,1-2H3,(H,20,21)(H,22,23). The van der Waals surface area contributed by atoms with Crippen molar-refractivity contribution in [2.24, 2.45) is 5.92 Å². The zero-order valence-corrected chi connectivity index (χ0v) is 13.2. The second-order valence-corrected chi connectivity index (χ2v) is 5.26. The van der Waals surface area contributed by atoms with Gasteiger partial charge in [0, 0.05) is 18.2 Å². The molecule has 7 nitrogen and oxygen atoms in total. The van der Waals surface area contributed by atoms with Gasteiger partial charge in [-0.3, -0.25) is 4.79 Å². The lowest BCUT2D eigenvalue weighted by atomic mass is 9.94. The third-order valence-corrected chi connectivity index (χ3v) is 3.68. The average Bonchev–Trinajstić information content (AvgIpc) is 2.48. The third-order valence-electron chi connectivity index (χ3n) is 3.68. The Hall–Kier alpha value is -2.57. The number of aliphatic carboxylic acids is 2. The fourth-order valence-electron chi connectivity index (χ4n) is 2.48. The monoisotopic (exact) mass is 322 g/mol. The van der Waals surface area contributed by atoms with E-state index in [2.05, 4.69) is 0 Å². The Labute approximate surface area is 134 Å². The molecule has 1 aromatic carbocycles. The number of benzene rings is 1. The van der Waals surface area contributed by atoms with Gasteiger partial charge in [0.05, 0.1) is 0 Å². The minimum absolute atomic E-state index is 0.00945. The summed E-state index contributed by atoms with van der Waals surface area (Å²) in [5.41, 5.74) is 7.14. The molecule has 0 bridgehead atoms. The summed E-state index contributed by atoms with van der Waals surface area (Å²) in [7, 11) is 0. The molecule has 0 aliphatic carbocycles. The second kappa shape index (κ2) is 8.17. The van der Waals surface area contributed by atoms with Gasteiger partial charge in [-0.15, -0.1) is 0 Å². The number of carboxylic acid groups (broad SMARTS) is 2. The summed E-state index contributed by atoms with van der Waals surface area (Å²) in [4.78, 5) is 35.8. The second-order valence-electron chi connectivity index (χ2n) is 5.26. The van der Waals surface area contributed by atoms with Crippen molar-refractivity contribution in [1.29, 1.82) is 0 Å². The first-order valence-electron chi connectivity index (χ1n) is 7.42. The SMILES string of the molecule is CCC(Cc1cccc(N)c1)C(=O)N(CC)C(C(=O)O)C(=O)O. The highest BCUT2D eigenvalue weighted by molar-refractivity contribution is 6.01. The summed E-state index contributed by atoms with van der Waals surface area (Å²) in [6.07, 6.45) is 0.846. The molecule has 1 unspecified atom stereocenters. The molecule has 126 valence electrons. The highest BCUT2D eigenvalue weighted by Gasteiger charge is 2.37. The van der Waals surface area contributed by atoms with Crippen LogP contribution in [0.25, 0.3) is 0 Å². The smallest absolute Gasteiger partial charge is 0.338 e. The number of likely N-dealkylation sites (N-methyl/N-ethyl adjacent to an activating group) is 1. The van der Waals surface area contributed by atoms with Gasteiger partial charge in [-0.25, -0.2) is 9.59 Å². The minimum atomic E-state index is -1.87. The molecule has 0 saturated heterocycles. The number of hydrogen-bond donors (Lipinski definition) is 3. The van der Waals surface area contributed by atoms with Gasteiger partial charge in [0.1, 0.15) is 0 Å². The Morgan fingerprint density at radius 2 is 1.78 bits per heavy atom. The first-order valence-corrected chi connectivity index (χ1v) is 7.42. The van der Waals surface area contributed by atoms with E-state index in [0.717, 1.165) is 10.5 Å². The van der Waals surface area contributed by atoms with Gasteiger partial charge < -0.3 is 20.8 Å². The normalized spacial score (nSPS) is 12.0. The third kappa shape index (κ3) is 4.70. The van der Waals surface area contributed by atoms with Crippen molar-refractivity contribution in [3.8, 4) is 0 Å². The molecule has 0 saturated carbocycles. The van der Waals surface area contributed by atoms with Crippen LogP contribution in [0.4, 0.5) is 5.69 Å². The average molecular weight is 322 g/mol. The number of nitrogen functional groups attached to an aromatic ring is 1. The van der Waals surface area contributed by atoms with Crippen LogP contribution in [0.1, 0.15) is 25.8 Å². The fourth-order valence-corrected chi connectivity index (χ4v) is 2.48. The lowest BCUT2D eigenvalue weighted by Crippen LogP contribution is -2.51. The van der Waals surface area contributed by atoms with Crippen LogP contribution in [-0.4, -0.2) is 45.5 Å². The quantitative estimate of drug-likeness (QED) is 0.489. The van der Waals surface area contributed by atoms with Crippen molar-refractivity contribution in [2.45, 2.75) is 32.7 Å². The van der Waals surface area contributed by atoms with Crippen molar-refractivity contribution in [2.75, 3.05) is 12.3 Å². The van der Waals surface area contributed by atoms with Crippen LogP contribution < -0.4 is 5.73 Å². The van der Waals surface area contributed by atoms with Crippen molar-refractivity contribution in [3.63, 3.8) is 0 Å². The molecule has 0 aliphatic heterocycles. The maximum Gasteiger partial charge on any atom is 0.338 e. The Morgan fingerprint density at radius 3 is 2.22 bits per heavy atom. The molecule has 0 fully saturated rings. The Morgan fingerprint density at radius 1 is 1.17 bits per heavy atom. The molecule has 23 heavy (non-hydrogen) atoms. The number of rotatable bonds is 8. The van der Waals surface area contributed by atoms with E-state index < -0.39 is 29.8 Å². The van der Waals surface area contributed by atoms with Gasteiger partial charge in [-0.1, -0.05) is 19.1 Å². The molecule has 0 aliphatic rings. The first-order chi connectivity index (χ1) is 10.8. The van der Waals surface area contributed by atoms with Gasteiger partial charge in [-0.2, -0.15) is 0 Å². The summed E-state index contributed by atoms with van der Waals surface area (Å²) in [5.74, 6) is -4.08. The van der Waals surface area contributed by atoms with E-state index in [1.165, 1.54) is 0 Å². The highest BCUT2D eigenvalue weighted by atomic mass is 16.4. The maximum atomic E-state index is 12.6. The number of carbonyl (C=O) groups excluding carboxylic acids is 1. The van der Waals surface area contributed by atoms with Crippen LogP contribution in [0.5, 0.6) is 0 Å². The molecule has 4 N–H and O–H groups in total. The summed E-state index contributed by atoms with van der Waals surface area (Å²) >= 11 is 0. The number of amides is 1. The minimum Gasteiger partial charge on any atom is -0.479 e. The van der Waals surface area contributed by atoms with E-state index >= 15 is 0 Å². The number of carbonyl (C=O) groups is 3. The van der Waals surface area contributed by atoms with E-state index in [0.29, 0.717) is 18.5 Å². The van der Waals surface area contributed by atoms with Crippen molar-refractivity contribution >= 4 is 23.5 Å². The van der Waals surface area contributed by atoms with Crippen LogP contribution in [-0.2, 0) is 20.8 Å². The van der Waals surface area contributed by atoms with E-state index in [-0.39, 0.29) is 6.54 Å². The lowest BCUT2D eigenvalue weighted by molar-refractivity contribution is -0.163. The van der Waals surface area contributed by atoms with Crippen LogP contribution in [0.3, 0.4) is 0 Å². The van der Waals surface area contributed by atoms with Gasteiger partial charge in [0.25, 0.3) is 0 Å². The summed E-state index contributed by atoms with van der Waals surface area (Å²) in [6.45, 7) is 3.37. The van der Waals surface area contributed by atoms with Crippen LogP contribution >= 0.6 is 0 Å². The molecule has 0 aromatic heterocycles. The molecule has 1 amide bonds. The Balaban J connectivity index is 3.00. The largest absolute Gasteiger partial charge is 0.479 e. The maximum absolute atomic E-state index is 12.6. The molecular formula is C16H22N2O5. The van der Waals surface area contributed by atoms with Gasteiger partial charge >= 0.3 is 11.9 Å². The van der Waals surface area contributed by atoms with E-state index in [4.69, 9.17) is 15.9 Å². The first kappa shape index (κ1) is 18.5. The molecular weight excluding hydrogens is 300 g/mol. The molecule has 7 heteroatoms. The van der Waals surface area contributed by atoms with Crippen molar-refractivity contribution < 1.29 is 24.6 Å². The zero-order chi connectivity index (χ0) is 17.6. The number of nitrogens with two attached hydrogens (primary N) is 1. The van der Waals surface area contributed by atoms with Gasteiger partial charge in [0.2, 0.25) is 11.9 Å². The predicted octanol–water partition coefficient (Wildman–Crippen LogP) is 1.22. The van der Waals surface area contributed by atoms with Crippen LogP contribution in [0.2, 0.25) is 0 Å². The van der Waals surface area contributed by atoms with Gasteiger partial charge in [-0.05, 0) is 37.5 Å². The van der Waals surface area contributed by atoms with Gasteiger partial charge in [0.15, 0.2) is 0 Å². The van der Waals surface area contributed by atoms with Crippen LogP contribution in [0.15, 0.2) is 24.3 Å². The number of carboxylic acids is 2. The molecule has 1 aromatic rings. The van der Waals surface area contributed by atoms with E-state index in [1.807, 2.05) is 6.07 Å². The number of hydrogen-bond acceptors (Lipinski definition) is 4. The molecule has 0 heterocycles. The Bertz CT molecular complexity index is 574.